The number of benzene rings is 2. The Kier molecular flexibility index (Phi) is 6.75. The third-order valence-electron chi connectivity index (χ3n) is 3.32. The minimum Gasteiger partial charge on any atom is -0.462 e. The number of halogens is 1. The lowest BCUT2D eigenvalue weighted by molar-refractivity contribution is -0.149. The maximum absolute atomic E-state index is 12.6. The number of hydrogen-bond acceptors (Lipinski definition) is 4. The first-order valence-electron chi connectivity index (χ1n) is 7.80. The van der Waals surface area contributed by atoms with E-state index in [-0.39, 0.29) is 17.4 Å². The maximum atomic E-state index is 12.6. The number of carbonyl (C=O) groups is 1. The molecule has 0 spiro atoms. The standard InChI is InChI=1S/C18H20BrNO4S/c1-13(2)24-18(21)17(11-14-7-4-3-5-8-14)20-25(22,23)16-10-6-9-15(19)12-16/h3-10,12-13,17,20H,11H2,1-2H3. The van der Waals surface area contributed by atoms with Crippen LogP contribution in [0.25, 0.3) is 0 Å². The minimum atomic E-state index is -3.86. The molecule has 0 fully saturated rings. The van der Waals surface area contributed by atoms with E-state index in [9.17, 15) is 13.2 Å². The van der Waals surface area contributed by atoms with Crippen LogP contribution in [0.3, 0.4) is 0 Å². The van der Waals surface area contributed by atoms with E-state index in [0.717, 1.165) is 5.56 Å². The fraction of sp³-hybridized carbons (Fsp3) is 0.278. The first-order chi connectivity index (χ1) is 11.8. The Bertz CT molecular complexity index is 822. The first kappa shape index (κ1) is 19.6. The number of nitrogens with one attached hydrogen (secondary N) is 1. The van der Waals surface area contributed by atoms with Gasteiger partial charge in [0.15, 0.2) is 0 Å². The van der Waals surface area contributed by atoms with Gasteiger partial charge in [0.05, 0.1) is 11.0 Å². The van der Waals surface area contributed by atoms with Crippen molar-refractivity contribution in [2.75, 3.05) is 0 Å². The van der Waals surface area contributed by atoms with Crippen LogP contribution in [0.4, 0.5) is 0 Å². The van der Waals surface area contributed by atoms with Crippen LogP contribution in [-0.2, 0) is 26.0 Å². The van der Waals surface area contributed by atoms with Gasteiger partial charge in [0.25, 0.3) is 0 Å². The molecular formula is C18H20BrNO4S. The third kappa shape index (κ3) is 5.95. The van der Waals surface area contributed by atoms with Gasteiger partial charge in [-0.2, -0.15) is 4.72 Å². The van der Waals surface area contributed by atoms with Crippen LogP contribution >= 0.6 is 15.9 Å². The number of carbonyl (C=O) groups excluding carboxylic acids is 1. The molecule has 0 amide bonds. The monoisotopic (exact) mass is 425 g/mol. The number of hydrogen-bond donors (Lipinski definition) is 1. The van der Waals surface area contributed by atoms with E-state index in [1.807, 2.05) is 30.3 Å². The van der Waals surface area contributed by atoms with Gasteiger partial charge < -0.3 is 4.74 Å². The van der Waals surface area contributed by atoms with E-state index in [4.69, 9.17) is 4.74 Å². The fourth-order valence-corrected chi connectivity index (χ4v) is 4.01. The van der Waals surface area contributed by atoms with Crippen LogP contribution < -0.4 is 4.72 Å². The van der Waals surface area contributed by atoms with E-state index in [1.54, 1.807) is 26.0 Å². The Balaban J connectivity index is 2.27. The van der Waals surface area contributed by atoms with Crippen molar-refractivity contribution in [3.63, 3.8) is 0 Å². The van der Waals surface area contributed by atoms with Crippen molar-refractivity contribution >= 4 is 31.9 Å². The minimum absolute atomic E-state index is 0.0808. The number of sulfonamides is 1. The molecular weight excluding hydrogens is 406 g/mol. The predicted octanol–water partition coefficient (Wildman–Crippen LogP) is 3.29. The van der Waals surface area contributed by atoms with Gasteiger partial charge in [-0.1, -0.05) is 52.3 Å². The SMILES string of the molecule is CC(C)OC(=O)C(Cc1ccccc1)NS(=O)(=O)c1cccc(Br)c1. The molecule has 2 aromatic rings. The summed E-state index contributed by atoms with van der Waals surface area (Å²) in [6.07, 6.45) is -0.124. The highest BCUT2D eigenvalue weighted by Gasteiger charge is 2.28. The summed E-state index contributed by atoms with van der Waals surface area (Å²) in [4.78, 5) is 12.5. The van der Waals surface area contributed by atoms with Crippen molar-refractivity contribution in [3.05, 3.63) is 64.6 Å². The van der Waals surface area contributed by atoms with Crippen LogP contribution in [-0.4, -0.2) is 26.5 Å². The summed E-state index contributed by atoms with van der Waals surface area (Å²) in [5.74, 6) is -0.600. The van der Waals surface area contributed by atoms with Crippen molar-refractivity contribution in [3.8, 4) is 0 Å². The van der Waals surface area contributed by atoms with Crippen molar-refractivity contribution in [2.24, 2.45) is 0 Å². The van der Waals surface area contributed by atoms with Crippen molar-refractivity contribution in [1.82, 2.24) is 4.72 Å². The normalized spacial score (nSPS) is 12.8. The molecule has 1 N–H and O–H groups in total. The van der Waals surface area contributed by atoms with E-state index in [1.165, 1.54) is 12.1 Å². The lowest BCUT2D eigenvalue weighted by Crippen LogP contribution is -2.44. The maximum Gasteiger partial charge on any atom is 0.324 e. The second-order valence-corrected chi connectivity index (χ2v) is 8.44. The van der Waals surface area contributed by atoms with Crippen molar-refractivity contribution < 1.29 is 17.9 Å². The summed E-state index contributed by atoms with van der Waals surface area (Å²) < 4.78 is 33.6. The molecule has 0 aliphatic carbocycles. The number of esters is 1. The molecule has 134 valence electrons. The summed E-state index contributed by atoms with van der Waals surface area (Å²) in [6.45, 7) is 3.45. The van der Waals surface area contributed by atoms with E-state index >= 15 is 0 Å². The molecule has 0 saturated heterocycles. The average molecular weight is 426 g/mol. The van der Waals surface area contributed by atoms with Gasteiger partial charge in [-0.05, 0) is 44.0 Å². The molecule has 0 radical (unpaired) electrons. The van der Waals surface area contributed by atoms with Gasteiger partial charge in [-0.25, -0.2) is 8.42 Å². The second kappa shape index (κ2) is 8.60. The van der Waals surface area contributed by atoms with E-state index in [0.29, 0.717) is 4.47 Å². The molecule has 25 heavy (non-hydrogen) atoms. The molecule has 0 saturated carbocycles. The van der Waals surface area contributed by atoms with Crippen molar-refractivity contribution in [1.29, 1.82) is 0 Å². The highest BCUT2D eigenvalue weighted by molar-refractivity contribution is 9.10. The number of rotatable bonds is 7. The summed E-state index contributed by atoms with van der Waals surface area (Å²) in [5, 5.41) is 0. The zero-order chi connectivity index (χ0) is 18.4. The lowest BCUT2D eigenvalue weighted by atomic mass is 10.1. The topological polar surface area (TPSA) is 72.5 Å². The number of ether oxygens (including phenoxy) is 1. The largest absolute Gasteiger partial charge is 0.462 e. The van der Waals surface area contributed by atoms with Crippen molar-refractivity contribution in [2.45, 2.75) is 37.3 Å². The molecule has 2 aromatic carbocycles. The predicted molar refractivity (Wildman–Crippen MR) is 99.6 cm³/mol. The van der Waals surface area contributed by atoms with E-state index in [2.05, 4.69) is 20.7 Å². The second-order valence-electron chi connectivity index (χ2n) is 5.81. The Morgan fingerprint density at radius 2 is 1.80 bits per heavy atom. The van der Waals surface area contributed by atoms with Gasteiger partial charge in [-0.15, -0.1) is 0 Å². The van der Waals surface area contributed by atoms with Gasteiger partial charge in [0.1, 0.15) is 6.04 Å². The zero-order valence-corrected chi connectivity index (χ0v) is 16.4. The summed E-state index contributed by atoms with van der Waals surface area (Å²) >= 11 is 3.25. The molecule has 1 unspecified atom stereocenters. The quantitative estimate of drug-likeness (QED) is 0.690. The van der Waals surface area contributed by atoms with Gasteiger partial charge in [0, 0.05) is 4.47 Å². The lowest BCUT2D eigenvalue weighted by Gasteiger charge is -2.19. The molecule has 0 aliphatic heterocycles. The molecule has 0 heterocycles. The van der Waals surface area contributed by atoms with Crippen LogP contribution in [0.5, 0.6) is 0 Å². The van der Waals surface area contributed by atoms with Crippen LogP contribution in [0.2, 0.25) is 0 Å². The first-order valence-corrected chi connectivity index (χ1v) is 10.1. The Morgan fingerprint density at radius 1 is 1.12 bits per heavy atom. The Labute approximate surface area is 156 Å². The molecule has 0 bridgehead atoms. The zero-order valence-electron chi connectivity index (χ0n) is 14.0. The summed E-state index contributed by atoms with van der Waals surface area (Å²) in [5.41, 5.74) is 0.838. The molecule has 1 atom stereocenters. The molecule has 5 nitrogen and oxygen atoms in total. The molecule has 0 aliphatic rings. The molecule has 0 aromatic heterocycles. The molecule has 7 heteroatoms. The van der Waals surface area contributed by atoms with E-state index < -0.39 is 22.0 Å². The smallest absolute Gasteiger partial charge is 0.324 e. The Morgan fingerprint density at radius 3 is 2.40 bits per heavy atom. The highest BCUT2D eigenvalue weighted by Crippen LogP contribution is 2.17. The summed E-state index contributed by atoms with van der Waals surface area (Å²) in [7, 11) is -3.86. The average Bonchev–Trinajstić information content (AvgIpc) is 2.54. The fourth-order valence-electron chi connectivity index (χ4n) is 2.23. The van der Waals surface area contributed by atoms with Gasteiger partial charge in [-0.3, -0.25) is 4.79 Å². The molecule has 2 rings (SSSR count). The summed E-state index contributed by atoms with van der Waals surface area (Å²) in [6, 6.07) is 14.5. The van der Waals surface area contributed by atoms with Gasteiger partial charge in [0.2, 0.25) is 10.0 Å². The highest BCUT2D eigenvalue weighted by atomic mass is 79.9. The van der Waals surface area contributed by atoms with Crippen LogP contribution in [0.15, 0.2) is 64.0 Å². The van der Waals surface area contributed by atoms with Crippen LogP contribution in [0, 0.1) is 0 Å². The van der Waals surface area contributed by atoms with Crippen LogP contribution in [0.1, 0.15) is 19.4 Å². The third-order valence-corrected chi connectivity index (χ3v) is 5.29. The van der Waals surface area contributed by atoms with Gasteiger partial charge >= 0.3 is 5.97 Å². The Hall–Kier alpha value is -1.70.